The second kappa shape index (κ2) is 6.39. The molecule has 4 heteroatoms. The molecule has 2 unspecified atom stereocenters. The lowest BCUT2D eigenvalue weighted by atomic mass is 9.94. The van der Waals surface area contributed by atoms with Gasteiger partial charge >= 0.3 is 0 Å². The van der Waals surface area contributed by atoms with E-state index in [1.54, 1.807) is 6.20 Å². The second-order valence-electron chi connectivity index (χ2n) is 6.33. The molecule has 0 spiro atoms. The van der Waals surface area contributed by atoms with Crippen molar-refractivity contribution in [2.24, 2.45) is 11.8 Å². The first-order valence-corrected chi connectivity index (χ1v) is 7.91. The average Bonchev–Trinajstić information content (AvgIpc) is 3.17. The first kappa shape index (κ1) is 14.3. The Hall–Kier alpha value is -1.68. The van der Waals surface area contributed by atoms with Gasteiger partial charge in [0.05, 0.1) is 0 Å². The highest BCUT2D eigenvalue weighted by Crippen LogP contribution is 2.31. The number of aromatic nitrogens is 3. The van der Waals surface area contributed by atoms with Crippen molar-refractivity contribution in [2.45, 2.75) is 45.7 Å². The standard InChI is InChI=1S/C17H24N4/c1-13(2)14-6-7-16(11-14)19-12-15-5-3-8-18-17(15)21-10-4-9-20-21/h3-5,8-10,13-14,16,19H,6-7,11-12H2,1-2H3. The predicted octanol–water partition coefficient (Wildman–Crippen LogP) is 3.18. The fourth-order valence-corrected chi connectivity index (χ4v) is 3.23. The molecule has 0 saturated heterocycles. The summed E-state index contributed by atoms with van der Waals surface area (Å²) in [6, 6.07) is 6.69. The summed E-state index contributed by atoms with van der Waals surface area (Å²) < 4.78 is 1.84. The summed E-state index contributed by atoms with van der Waals surface area (Å²) in [5, 5.41) is 7.99. The molecule has 21 heavy (non-hydrogen) atoms. The fraction of sp³-hybridized carbons (Fsp3) is 0.529. The van der Waals surface area contributed by atoms with Gasteiger partial charge in [-0.3, -0.25) is 0 Å². The summed E-state index contributed by atoms with van der Waals surface area (Å²) >= 11 is 0. The molecule has 0 aromatic carbocycles. The van der Waals surface area contributed by atoms with E-state index in [-0.39, 0.29) is 0 Å². The quantitative estimate of drug-likeness (QED) is 0.917. The maximum absolute atomic E-state index is 4.47. The Balaban J connectivity index is 1.64. The van der Waals surface area contributed by atoms with Gasteiger partial charge in [0, 0.05) is 36.7 Å². The summed E-state index contributed by atoms with van der Waals surface area (Å²) in [6.07, 6.45) is 9.50. The lowest BCUT2D eigenvalue weighted by Crippen LogP contribution is -2.27. The van der Waals surface area contributed by atoms with E-state index in [0.29, 0.717) is 6.04 Å². The molecule has 0 amide bonds. The number of nitrogens with zero attached hydrogens (tertiary/aromatic N) is 3. The maximum Gasteiger partial charge on any atom is 0.157 e. The Morgan fingerprint density at radius 3 is 2.90 bits per heavy atom. The zero-order valence-electron chi connectivity index (χ0n) is 12.9. The minimum atomic E-state index is 0.642. The molecule has 1 saturated carbocycles. The summed E-state index contributed by atoms with van der Waals surface area (Å²) in [7, 11) is 0. The third-order valence-electron chi connectivity index (χ3n) is 4.59. The van der Waals surface area contributed by atoms with E-state index in [1.807, 2.05) is 29.2 Å². The van der Waals surface area contributed by atoms with Crippen LogP contribution in [0.1, 0.15) is 38.7 Å². The number of hydrogen-bond acceptors (Lipinski definition) is 3. The van der Waals surface area contributed by atoms with Gasteiger partial charge in [0.15, 0.2) is 5.82 Å². The number of rotatable bonds is 5. The first-order chi connectivity index (χ1) is 10.2. The van der Waals surface area contributed by atoms with E-state index >= 15 is 0 Å². The molecule has 1 N–H and O–H groups in total. The van der Waals surface area contributed by atoms with Gasteiger partial charge in [0.25, 0.3) is 0 Å². The molecule has 0 aliphatic heterocycles. The molecule has 2 aromatic rings. The number of hydrogen-bond donors (Lipinski definition) is 1. The van der Waals surface area contributed by atoms with Crippen molar-refractivity contribution in [2.75, 3.05) is 0 Å². The summed E-state index contributed by atoms with van der Waals surface area (Å²) in [5.41, 5.74) is 1.20. The van der Waals surface area contributed by atoms with Crippen molar-refractivity contribution in [1.82, 2.24) is 20.1 Å². The van der Waals surface area contributed by atoms with Gasteiger partial charge < -0.3 is 5.32 Å². The van der Waals surface area contributed by atoms with Crippen molar-refractivity contribution in [1.29, 1.82) is 0 Å². The van der Waals surface area contributed by atoms with Crippen LogP contribution in [0.5, 0.6) is 0 Å². The van der Waals surface area contributed by atoms with Crippen molar-refractivity contribution in [3.8, 4) is 5.82 Å². The summed E-state index contributed by atoms with van der Waals surface area (Å²) in [6.45, 7) is 5.53. The minimum absolute atomic E-state index is 0.642. The van der Waals surface area contributed by atoms with Gasteiger partial charge in [0.1, 0.15) is 0 Å². The molecule has 2 heterocycles. The lowest BCUT2D eigenvalue weighted by Gasteiger charge is -2.16. The highest BCUT2D eigenvalue weighted by molar-refractivity contribution is 5.32. The molecule has 4 nitrogen and oxygen atoms in total. The Morgan fingerprint density at radius 2 is 2.19 bits per heavy atom. The zero-order valence-corrected chi connectivity index (χ0v) is 12.9. The van der Waals surface area contributed by atoms with Gasteiger partial charge in [-0.05, 0) is 43.2 Å². The Kier molecular flexibility index (Phi) is 4.34. The third-order valence-corrected chi connectivity index (χ3v) is 4.59. The highest BCUT2D eigenvalue weighted by Gasteiger charge is 2.26. The fourth-order valence-electron chi connectivity index (χ4n) is 3.23. The van der Waals surface area contributed by atoms with Crippen LogP contribution in [-0.4, -0.2) is 20.8 Å². The van der Waals surface area contributed by atoms with Crippen LogP contribution in [0.4, 0.5) is 0 Å². The second-order valence-corrected chi connectivity index (χ2v) is 6.33. The van der Waals surface area contributed by atoms with Gasteiger partial charge in [0.2, 0.25) is 0 Å². The molecule has 2 aromatic heterocycles. The Labute approximate surface area is 126 Å². The molecule has 0 bridgehead atoms. The largest absolute Gasteiger partial charge is 0.310 e. The van der Waals surface area contributed by atoms with E-state index in [0.717, 1.165) is 24.2 Å². The number of nitrogens with one attached hydrogen (secondary N) is 1. The zero-order chi connectivity index (χ0) is 14.7. The molecule has 1 aliphatic rings. The van der Waals surface area contributed by atoms with Gasteiger partial charge in [-0.1, -0.05) is 19.9 Å². The smallest absolute Gasteiger partial charge is 0.157 e. The topological polar surface area (TPSA) is 42.7 Å². The van der Waals surface area contributed by atoms with Crippen molar-refractivity contribution in [3.05, 3.63) is 42.4 Å². The molecular weight excluding hydrogens is 260 g/mol. The number of pyridine rings is 1. The van der Waals surface area contributed by atoms with Crippen LogP contribution in [0.25, 0.3) is 5.82 Å². The molecule has 0 radical (unpaired) electrons. The van der Waals surface area contributed by atoms with E-state index in [4.69, 9.17) is 0 Å². The Morgan fingerprint density at radius 1 is 1.29 bits per heavy atom. The van der Waals surface area contributed by atoms with Gasteiger partial charge in [-0.25, -0.2) is 9.67 Å². The van der Waals surface area contributed by atoms with Crippen LogP contribution >= 0.6 is 0 Å². The molecule has 1 fully saturated rings. The van der Waals surface area contributed by atoms with Crippen LogP contribution in [-0.2, 0) is 6.54 Å². The van der Waals surface area contributed by atoms with Crippen LogP contribution in [0.2, 0.25) is 0 Å². The maximum atomic E-state index is 4.47. The lowest BCUT2D eigenvalue weighted by molar-refractivity contribution is 0.381. The normalized spacial score (nSPS) is 22.0. The van der Waals surface area contributed by atoms with Crippen LogP contribution in [0, 0.1) is 11.8 Å². The van der Waals surface area contributed by atoms with E-state index < -0.39 is 0 Å². The molecule has 3 rings (SSSR count). The van der Waals surface area contributed by atoms with Crippen molar-refractivity contribution >= 4 is 0 Å². The SMILES string of the molecule is CC(C)C1CCC(NCc2cccnc2-n2cccn2)C1. The van der Waals surface area contributed by atoms with Crippen LogP contribution < -0.4 is 5.32 Å². The minimum Gasteiger partial charge on any atom is -0.310 e. The summed E-state index contributed by atoms with van der Waals surface area (Å²) in [5.74, 6) is 2.60. The van der Waals surface area contributed by atoms with Crippen molar-refractivity contribution in [3.63, 3.8) is 0 Å². The molecule has 2 atom stereocenters. The van der Waals surface area contributed by atoms with Crippen LogP contribution in [0.3, 0.4) is 0 Å². The monoisotopic (exact) mass is 284 g/mol. The molecular formula is C17H24N4. The average molecular weight is 284 g/mol. The van der Waals surface area contributed by atoms with E-state index in [2.05, 4.69) is 35.3 Å². The Bertz CT molecular complexity index is 562. The van der Waals surface area contributed by atoms with Crippen LogP contribution in [0.15, 0.2) is 36.8 Å². The van der Waals surface area contributed by atoms with Gasteiger partial charge in [-0.2, -0.15) is 5.10 Å². The van der Waals surface area contributed by atoms with E-state index in [1.165, 1.54) is 24.8 Å². The van der Waals surface area contributed by atoms with Crippen molar-refractivity contribution < 1.29 is 0 Å². The first-order valence-electron chi connectivity index (χ1n) is 7.91. The molecule has 112 valence electrons. The predicted molar refractivity (Wildman–Crippen MR) is 84.2 cm³/mol. The highest BCUT2D eigenvalue weighted by atomic mass is 15.3. The summed E-state index contributed by atoms with van der Waals surface area (Å²) in [4.78, 5) is 4.47. The van der Waals surface area contributed by atoms with Gasteiger partial charge in [-0.15, -0.1) is 0 Å². The third kappa shape index (κ3) is 3.32. The van der Waals surface area contributed by atoms with E-state index in [9.17, 15) is 0 Å². The molecule has 1 aliphatic carbocycles.